The van der Waals surface area contributed by atoms with Crippen molar-refractivity contribution in [2.24, 2.45) is 11.8 Å². The van der Waals surface area contributed by atoms with Crippen LogP contribution in [0.15, 0.2) is 60.7 Å². The molecule has 13 heteroatoms. The number of amides is 5. The standard InChI is InChI=1S/C48H51ClN6O6/c1-30-3-11-38(25-31(2)61-39-13-10-36(28-50)42(49)27-39)54(30)46(58)35-8-6-32(7-9-35)4-5-33-17-21-52(22-18-33)29-34-19-23-53(24-20-34)37-12-14-40-41(26-37)48(60)55(47(40)59)43-15-16-44(56)51-45(43)57/h6-10,12-14,26-27,30-31,33-34,38,43H,3,11,15-25,29H2,1-2H3,(H,51,56,57). The smallest absolute Gasteiger partial charge is 0.262 e. The van der Waals surface area contributed by atoms with Gasteiger partial charge in [0.1, 0.15) is 17.9 Å². The Morgan fingerprint density at radius 2 is 1.62 bits per heavy atom. The minimum atomic E-state index is -0.969. The molecule has 4 fully saturated rings. The molecule has 0 spiro atoms. The number of imide groups is 2. The van der Waals surface area contributed by atoms with Crippen LogP contribution in [-0.4, -0.2) is 101 Å². The maximum Gasteiger partial charge on any atom is 0.262 e. The highest BCUT2D eigenvalue weighted by Crippen LogP contribution is 2.34. The van der Waals surface area contributed by atoms with E-state index in [9.17, 15) is 24.0 Å². The number of halogens is 1. The Kier molecular flexibility index (Phi) is 12.5. The molecular weight excluding hydrogens is 792 g/mol. The molecule has 4 saturated heterocycles. The fourth-order valence-corrected chi connectivity index (χ4v) is 9.89. The van der Waals surface area contributed by atoms with E-state index in [0.717, 1.165) is 87.4 Å². The molecule has 4 unspecified atom stereocenters. The molecule has 5 heterocycles. The van der Waals surface area contributed by atoms with E-state index in [1.54, 1.807) is 30.3 Å². The number of rotatable bonds is 9. The first-order valence-electron chi connectivity index (χ1n) is 21.6. The molecule has 5 aliphatic heterocycles. The monoisotopic (exact) mass is 842 g/mol. The van der Waals surface area contributed by atoms with Crippen molar-refractivity contribution in [1.29, 1.82) is 5.26 Å². The van der Waals surface area contributed by atoms with E-state index < -0.39 is 23.8 Å². The molecule has 12 nitrogen and oxygen atoms in total. The second-order valence-corrected chi connectivity index (χ2v) is 17.6. The zero-order chi connectivity index (χ0) is 42.8. The summed E-state index contributed by atoms with van der Waals surface area (Å²) >= 11 is 6.20. The number of nitrogens with zero attached hydrogens (tertiary/aromatic N) is 5. The molecule has 3 aromatic carbocycles. The minimum absolute atomic E-state index is 0.0265. The fraction of sp³-hybridized carbons (Fsp3) is 0.458. The van der Waals surface area contributed by atoms with Gasteiger partial charge in [0.2, 0.25) is 11.8 Å². The Labute approximate surface area is 362 Å². The predicted molar refractivity (Wildman–Crippen MR) is 230 cm³/mol. The topological polar surface area (TPSA) is 143 Å². The molecule has 316 valence electrons. The summed E-state index contributed by atoms with van der Waals surface area (Å²) in [5.74, 6) is 6.46. The molecule has 61 heavy (non-hydrogen) atoms. The number of benzene rings is 3. The van der Waals surface area contributed by atoms with Crippen molar-refractivity contribution in [3.63, 3.8) is 0 Å². The van der Waals surface area contributed by atoms with Gasteiger partial charge in [0.15, 0.2) is 0 Å². The molecule has 0 aromatic heterocycles. The third-order valence-corrected chi connectivity index (χ3v) is 13.4. The van der Waals surface area contributed by atoms with Crippen LogP contribution in [0.4, 0.5) is 5.69 Å². The van der Waals surface area contributed by atoms with Gasteiger partial charge in [-0.2, -0.15) is 5.26 Å². The van der Waals surface area contributed by atoms with Crippen LogP contribution in [0.1, 0.15) is 114 Å². The van der Waals surface area contributed by atoms with Crippen molar-refractivity contribution < 1.29 is 28.7 Å². The van der Waals surface area contributed by atoms with E-state index in [4.69, 9.17) is 21.6 Å². The molecule has 1 N–H and O–H groups in total. The first-order valence-corrected chi connectivity index (χ1v) is 22.0. The van der Waals surface area contributed by atoms with Gasteiger partial charge >= 0.3 is 0 Å². The molecule has 3 aromatic rings. The number of piperidine rings is 3. The second kappa shape index (κ2) is 18.1. The summed E-state index contributed by atoms with van der Waals surface area (Å²) < 4.78 is 6.13. The van der Waals surface area contributed by atoms with Crippen molar-refractivity contribution in [3.05, 3.63) is 93.5 Å². The number of hydrogen-bond donors (Lipinski definition) is 1. The lowest BCUT2D eigenvalue weighted by atomic mass is 9.92. The first kappa shape index (κ1) is 42.0. The summed E-state index contributed by atoms with van der Waals surface area (Å²) in [6.07, 6.45) is 6.75. The highest BCUT2D eigenvalue weighted by atomic mass is 35.5. The highest BCUT2D eigenvalue weighted by molar-refractivity contribution is 6.31. The summed E-state index contributed by atoms with van der Waals surface area (Å²) in [5.41, 5.74) is 3.50. The number of carbonyl (C=O) groups excluding carboxylic acids is 5. The number of carbonyl (C=O) groups is 5. The molecule has 0 aliphatic carbocycles. The summed E-state index contributed by atoms with van der Waals surface area (Å²) in [5, 5.41) is 11.8. The molecule has 8 rings (SSSR count). The Hall–Kier alpha value is -5.69. The Balaban J connectivity index is 0.776. The van der Waals surface area contributed by atoms with E-state index in [-0.39, 0.29) is 42.8 Å². The van der Waals surface area contributed by atoms with Crippen LogP contribution in [0.25, 0.3) is 0 Å². The van der Waals surface area contributed by atoms with E-state index >= 15 is 0 Å². The van der Waals surface area contributed by atoms with Crippen LogP contribution in [0, 0.1) is 35.0 Å². The van der Waals surface area contributed by atoms with Gasteiger partial charge in [-0.25, -0.2) is 0 Å². The van der Waals surface area contributed by atoms with Crippen LogP contribution < -0.4 is 15.0 Å². The van der Waals surface area contributed by atoms with Gasteiger partial charge < -0.3 is 19.4 Å². The molecule has 0 radical (unpaired) electrons. The predicted octanol–water partition coefficient (Wildman–Crippen LogP) is 6.44. The van der Waals surface area contributed by atoms with Gasteiger partial charge in [-0.15, -0.1) is 0 Å². The van der Waals surface area contributed by atoms with Gasteiger partial charge in [-0.05, 0) is 132 Å². The normalized spacial score (nSPS) is 23.0. The number of likely N-dealkylation sites (tertiary alicyclic amines) is 2. The zero-order valence-corrected chi connectivity index (χ0v) is 35.5. The van der Waals surface area contributed by atoms with E-state index in [0.29, 0.717) is 51.3 Å². The number of nitrogens with one attached hydrogen (secondary N) is 1. The number of anilines is 1. The van der Waals surface area contributed by atoms with Crippen LogP contribution >= 0.6 is 11.6 Å². The third kappa shape index (κ3) is 9.17. The minimum Gasteiger partial charge on any atom is -0.491 e. The van der Waals surface area contributed by atoms with E-state index in [2.05, 4.69) is 40.0 Å². The van der Waals surface area contributed by atoms with Gasteiger partial charge in [0.25, 0.3) is 17.7 Å². The molecule has 5 amide bonds. The Bertz CT molecular complexity index is 2320. The third-order valence-electron chi connectivity index (χ3n) is 13.1. The van der Waals surface area contributed by atoms with Crippen LogP contribution in [0.2, 0.25) is 5.02 Å². The van der Waals surface area contributed by atoms with E-state index in [1.807, 2.05) is 42.2 Å². The SMILES string of the molecule is CC(CC1CCC(C)N1C(=O)c1ccc(C#CC2CCN(CC3CCN(c4ccc5c(c4)C(=O)N(C4CCC(=O)NC4=O)C5=O)CC3)CC2)cc1)Oc1ccc(C#N)c(Cl)c1. The Morgan fingerprint density at radius 1 is 0.885 bits per heavy atom. The molecule has 0 saturated carbocycles. The van der Waals surface area contributed by atoms with Crippen LogP contribution in [0.5, 0.6) is 5.75 Å². The lowest BCUT2D eigenvalue weighted by molar-refractivity contribution is -0.136. The quantitative estimate of drug-likeness (QED) is 0.190. The molecular formula is C48H51ClN6O6. The maximum absolute atomic E-state index is 13.8. The van der Waals surface area contributed by atoms with Crippen molar-refractivity contribution in [2.45, 2.75) is 95.9 Å². The lowest BCUT2D eigenvalue weighted by Gasteiger charge is -2.38. The van der Waals surface area contributed by atoms with Gasteiger partial charge in [-0.3, -0.25) is 34.2 Å². The van der Waals surface area contributed by atoms with Gasteiger partial charge in [0, 0.05) is 73.4 Å². The van der Waals surface area contributed by atoms with Crippen molar-refractivity contribution in [1.82, 2.24) is 20.0 Å². The van der Waals surface area contributed by atoms with Crippen molar-refractivity contribution in [3.8, 4) is 23.7 Å². The summed E-state index contributed by atoms with van der Waals surface area (Å²) in [6.45, 7) is 8.90. The average molecular weight is 843 g/mol. The zero-order valence-electron chi connectivity index (χ0n) is 34.7. The first-order chi connectivity index (χ1) is 29.4. The summed E-state index contributed by atoms with van der Waals surface area (Å²) in [6, 6.07) is 19.4. The Morgan fingerprint density at radius 3 is 2.33 bits per heavy atom. The molecule has 4 atom stereocenters. The average Bonchev–Trinajstić information content (AvgIpc) is 3.74. The largest absolute Gasteiger partial charge is 0.491 e. The van der Waals surface area contributed by atoms with Crippen molar-refractivity contribution in [2.75, 3.05) is 37.6 Å². The summed E-state index contributed by atoms with van der Waals surface area (Å²) in [4.78, 5) is 72.2. The number of fused-ring (bicyclic) bond motifs is 1. The van der Waals surface area contributed by atoms with E-state index in [1.165, 1.54) is 0 Å². The van der Waals surface area contributed by atoms with Crippen LogP contribution in [-0.2, 0) is 9.59 Å². The van der Waals surface area contributed by atoms with Gasteiger partial charge in [-0.1, -0.05) is 23.4 Å². The van der Waals surface area contributed by atoms with Crippen LogP contribution in [0.3, 0.4) is 0 Å². The number of nitriles is 1. The maximum atomic E-state index is 13.8. The second-order valence-electron chi connectivity index (χ2n) is 17.2. The lowest BCUT2D eigenvalue weighted by Crippen LogP contribution is -2.54. The molecule has 5 aliphatic rings. The number of ether oxygens (including phenoxy) is 1. The fourth-order valence-electron chi connectivity index (χ4n) is 9.68. The van der Waals surface area contributed by atoms with Crippen molar-refractivity contribution >= 4 is 46.8 Å². The molecule has 0 bridgehead atoms. The summed E-state index contributed by atoms with van der Waals surface area (Å²) in [7, 11) is 0. The van der Waals surface area contributed by atoms with Gasteiger partial charge in [0.05, 0.1) is 27.8 Å². The number of hydrogen-bond acceptors (Lipinski definition) is 9. The highest BCUT2D eigenvalue weighted by Gasteiger charge is 2.45.